The molecule has 0 aliphatic carbocycles. The molecule has 8 nitrogen and oxygen atoms in total. The summed E-state index contributed by atoms with van der Waals surface area (Å²) in [6.07, 6.45) is 0.857. The first kappa shape index (κ1) is 26.8. The van der Waals surface area contributed by atoms with Crippen LogP contribution in [0.15, 0.2) is 36.5 Å². The number of amides is 2. The molecule has 2 heterocycles. The maximum atomic E-state index is 15.6. The molecule has 0 bridgehead atoms. The van der Waals surface area contributed by atoms with Gasteiger partial charge in [0.2, 0.25) is 0 Å². The molecule has 0 spiro atoms. The maximum absolute atomic E-state index is 15.6. The molecule has 0 atom stereocenters. The number of urea groups is 1. The molecule has 1 aromatic heterocycles. The Labute approximate surface area is 216 Å². The van der Waals surface area contributed by atoms with E-state index in [2.05, 4.69) is 15.6 Å². The lowest BCUT2D eigenvalue weighted by molar-refractivity contribution is 0.251. The van der Waals surface area contributed by atoms with E-state index < -0.39 is 41.0 Å². The topological polar surface area (TPSA) is 105 Å². The van der Waals surface area contributed by atoms with Crippen LogP contribution in [-0.4, -0.2) is 48.4 Å². The number of halogens is 4. The fourth-order valence-corrected chi connectivity index (χ4v) is 4.27. The van der Waals surface area contributed by atoms with Gasteiger partial charge >= 0.3 is 6.03 Å². The van der Waals surface area contributed by atoms with Crippen LogP contribution >= 0.6 is 0 Å². The third kappa shape index (κ3) is 4.98. The molecule has 3 aromatic rings. The minimum absolute atomic E-state index is 0.0587. The first-order valence-electron chi connectivity index (χ1n) is 11.7. The molecule has 38 heavy (non-hydrogen) atoms. The van der Waals surface area contributed by atoms with Gasteiger partial charge in [-0.3, -0.25) is 9.80 Å². The molecule has 1 aliphatic rings. The highest BCUT2D eigenvalue weighted by Crippen LogP contribution is 2.47. The molecule has 4 rings (SSSR count). The summed E-state index contributed by atoms with van der Waals surface area (Å²) < 4.78 is 60.9. The van der Waals surface area contributed by atoms with E-state index in [-0.39, 0.29) is 47.0 Å². The number of nitriles is 1. The van der Waals surface area contributed by atoms with Gasteiger partial charge in [-0.05, 0) is 44.2 Å². The smallest absolute Gasteiger partial charge is 0.335 e. The number of hydrogen-bond donors (Lipinski definition) is 3. The van der Waals surface area contributed by atoms with Crippen molar-refractivity contribution in [2.45, 2.75) is 19.9 Å². The van der Waals surface area contributed by atoms with Crippen LogP contribution in [0.2, 0.25) is 0 Å². The van der Waals surface area contributed by atoms with Crippen LogP contribution in [-0.2, 0) is 0 Å². The van der Waals surface area contributed by atoms with Crippen molar-refractivity contribution in [3.8, 4) is 17.2 Å². The summed E-state index contributed by atoms with van der Waals surface area (Å²) in [5, 5.41) is 24.0. The third-order valence-corrected chi connectivity index (χ3v) is 5.84. The Hall–Kier alpha value is -4.21. The molecule has 3 N–H and O–H groups in total. The van der Waals surface area contributed by atoms with Crippen molar-refractivity contribution in [1.82, 2.24) is 10.3 Å². The van der Waals surface area contributed by atoms with Gasteiger partial charge in [0.25, 0.3) is 0 Å². The second-order valence-corrected chi connectivity index (χ2v) is 8.76. The molecular formula is C26H24F4N6O2. The Balaban J connectivity index is 1.92. The van der Waals surface area contributed by atoms with Crippen LogP contribution in [0.25, 0.3) is 11.1 Å². The number of nitrogens with zero attached hydrogens (tertiary/aromatic N) is 4. The highest BCUT2D eigenvalue weighted by molar-refractivity contribution is 6.15. The normalized spacial score (nSPS) is 12.8. The number of aliphatic hydroxyl groups excluding tert-OH is 1. The number of aromatic nitrogens is 1. The summed E-state index contributed by atoms with van der Waals surface area (Å²) in [6, 6.07) is 5.13. The predicted octanol–water partition coefficient (Wildman–Crippen LogP) is 4.66. The lowest BCUT2D eigenvalue weighted by Crippen LogP contribution is -2.45. The summed E-state index contributed by atoms with van der Waals surface area (Å²) >= 11 is 0. The molecule has 0 saturated heterocycles. The molecular weight excluding hydrogens is 504 g/mol. The number of pyridine rings is 1. The van der Waals surface area contributed by atoms with Crippen molar-refractivity contribution in [2.24, 2.45) is 0 Å². The standard InChI is InChI=1S/C26H24F4N6O2/c1-14(2)35-25-18(9-16(27)13-34-25)23-19(28)7-15(12-31)8-22(23)36(26(35)38)24-20(29)10-17(11-21(24)30)33-4-3-32-5-6-37/h7-11,13-14,32-33,37H,3-6H2,1-2H3. The average molecular weight is 529 g/mol. The van der Waals surface area contributed by atoms with Gasteiger partial charge in [-0.15, -0.1) is 0 Å². The maximum Gasteiger partial charge on any atom is 0.335 e. The third-order valence-electron chi connectivity index (χ3n) is 5.84. The van der Waals surface area contributed by atoms with Crippen LogP contribution in [0.1, 0.15) is 19.4 Å². The molecule has 12 heteroatoms. The number of nitrogens with one attached hydrogen (secondary N) is 2. The number of benzene rings is 2. The molecule has 0 unspecified atom stereocenters. The summed E-state index contributed by atoms with van der Waals surface area (Å²) in [5.41, 5.74) is -1.71. The van der Waals surface area contributed by atoms with Gasteiger partial charge in [0, 0.05) is 42.5 Å². The second-order valence-electron chi connectivity index (χ2n) is 8.76. The average Bonchev–Trinajstić information content (AvgIpc) is 2.96. The largest absolute Gasteiger partial charge is 0.395 e. The van der Waals surface area contributed by atoms with E-state index >= 15 is 13.2 Å². The van der Waals surface area contributed by atoms with E-state index in [0.29, 0.717) is 18.0 Å². The summed E-state index contributed by atoms with van der Waals surface area (Å²) in [7, 11) is 0. The van der Waals surface area contributed by atoms with Gasteiger partial charge in [-0.1, -0.05) is 0 Å². The summed E-state index contributed by atoms with van der Waals surface area (Å²) in [6.45, 7) is 4.22. The first-order valence-corrected chi connectivity index (χ1v) is 11.7. The number of carbonyl (C=O) groups excluding carboxylic acids is 1. The van der Waals surface area contributed by atoms with Crippen molar-refractivity contribution >= 4 is 28.9 Å². The van der Waals surface area contributed by atoms with E-state index in [1.54, 1.807) is 19.9 Å². The number of carbonyl (C=O) groups is 1. The van der Waals surface area contributed by atoms with Crippen LogP contribution in [0.5, 0.6) is 0 Å². The lowest BCUT2D eigenvalue weighted by atomic mass is 10.00. The lowest BCUT2D eigenvalue weighted by Gasteiger charge is -2.31. The number of rotatable bonds is 8. The summed E-state index contributed by atoms with van der Waals surface area (Å²) in [4.78, 5) is 19.6. The molecule has 0 saturated carbocycles. The van der Waals surface area contributed by atoms with Crippen LogP contribution in [0, 0.1) is 34.6 Å². The monoisotopic (exact) mass is 528 g/mol. The Morgan fingerprint density at radius 3 is 2.37 bits per heavy atom. The van der Waals surface area contributed by atoms with Gasteiger partial charge in [-0.2, -0.15) is 5.26 Å². The Morgan fingerprint density at radius 1 is 1.03 bits per heavy atom. The highest BCUT2D eigenvalue weighted by Gasteiger charge is 2.39. The van der Waals surface area contributed by atoms with Crippen molar-refractivity contribution < 1.29 is 27.5 Å². The van der Waals surface area contributed by atoms with E-state index in [1.807, 2.05) is 0 Å². The van der Waals surface area contributed by atoms with Crippen molar-refractivity contribution in [2.75, 3.05) is 41.4 Å². The second kappa shape index (κ2) is 11.0. The molecule has 0 radical (unpaired) electrons. The zero-order valence-electron chi connectivity index (χ0n) is 20.5. The highest BCUT2D eigenvalue weighted by atomic mass is 19.1. The first-order chi connectivity index (χ1) is 18.2. The van der Waals surface area contributed by atoms with Gasteiger partial charge in [0.1, 0.15) is 23.1 Å². The zero-order valence-corrected chi connectivity index (χ0v) is 20.5. The molecule has 2 amide bonds. The Kier molecular flexibility index (Phi) is 7.80. The fourth-order valence-electron chi connectivity index (χ4n) is 4.27. The Morgan fingerprint density at radius 2 is 1.74 bits per heavy atom. The van der Waals surface area contributed by atoms with Crippen molar-refractivity contribution in [3.63, 3.8) is 0 Å². The van der Waals surface area contributed by atoms with Gasteiger partial charge < -0.3 is 15.7 Å². The fraction of sp³-hybridized carbons (Fsp3) is 0.269. The minimum atomic E-state index is -1.13. The minimum Gasteiger partial charge on any atom is -0.395 e. The van der Waals surface area contributed by atoms with E-state index in [9.17, 15) is 14.4 Å². The number of anilines is 4. The SMILES string of the molecule is CC(C)N1C(=O)N(c2c(F)cc(NCCNCCO)cc2F)c2cc(C#N)cc(F)c2-c2cc(F)cnc21. The van der Waals surface area contributed by atoms with Crippen molar-refractivity contribution in [1.29, 1.82) is 5.26 Å². The molecule has 2 aromatic carbocycles. The zero-order chi connectivity index (χ0) is 27.6. The Bertz CT molecular complexity index is 1400. The molecule has 0 fully saturated rings. The number of aliphatic hydroxyl groups is 1. The van der Waals surface area contributed by atoms with Crippen molar-refractivity contribution in [3.05, 3.63) is 65.4 Å². The molecule has 198 valence electrons. The van der Waals surface area contributed by atoms with E-state index in [0.717, 1.165) is 41.4 Å². The number of fused-ring (bicyclic) bond motifs is 3. The molecule has 1 aliphatic heterocycles. The van der Waals surface area contributed by atoms with Gasteiger partial charge in [0.05, 0.1) is 30.1 Å². The van der Waals surface area contributed by atoms with Gasteiger partial charge in [-0.25, -0.2) is 27.3 Å². The number of hydrogen-bond acceptors (Lipinski definition) is 6. The van der Waals surface area contributed by atoms with E-state index in [1.165, 1.54) is 0 Å². The van der Waals surface area contributed by atoms with Crippen LogP contribution in [0.3, 0.4) is 0 Å². The summed E-state index contributed by atoms with van der Waals surface area (Å²) in [5.74, 6) is -4.18. The van der Waals surface area contributed by atoms with Crippen LogP contribution < -0.4 is 20.4 Å². The quantitative estimate of drug-likeness (QED) is 0.290. The van der Waals surface area contributed by atoms with Crippen LogP contribution in [0.4, 0.5) is 45.2 Å². The van der Waals surface area contributed by atoms with Gasteiger partial charge in [0.15, 0.2) is 11.6 Å². The predicted molar refractivity (Wildman–Crippen MR) is 134 cm³/mol. The van der Waals surface area contributed by atoms with E-state index in [4.69, 9.17) is 5.11 Å².